The fourth-order valence-corrected chi connectivity index (χ4v) is 2.56. The van der Waals surface area contributed by atoms with E-state index in [4.69, 9.17) is 5.73 Å². The average molecular weight is 253 g/mol. The van der Waals surface area contributed by atoms with Crippen LogP contribution in [-0.4, -0.2) is 42.5 Å². The van der Waals surface area contributed by atoms with Gasteiger partial charge >= 0.3 is 0 Å². The predicted molar refractivity (Wildman–Crippen MR) is 73.3 cm³/mol. The van der Waals surface area contributed by atoms with Gasteiger partial charge in [0.05, 0.1) is 5.54 Å². The van der Waals surface area contributed by atoms with Gasteiger partial charge in [0.1, 0.15) is 0 Å². The first-order valence-corrected chi connectivity index (χ1v) is 7.50. The SMILES string of the molecule is NC1(C(=O)NCCCCCN2CCCCC2)CC1. The van der Waals surface area contributed by atoms with Gasteiger partial charge in [0.25, 0.3) is 0 Å². The molecule has 4 heteroatoms. The Labute approximate surface area is 110 Å². The smallest absolute Gasteiger partial charge is 0.240 e. The zero-order chi connectivity index (χ0) is 12.8. The Balaban J connectivity index is 1.42. The van der Waals surface area contributed by atoms with Crippen LogP contribution < -0.4 is 11.1 Å². The number of carbonyl (C=O) groups is 1. The van der Waals surface area contributed by atoms with E-state index in [1.165, 1.54) is 51.7 Å². The minimum atomic E-state index is -0.506. The van der Waals surface area contributed by atoms with Crippen molar-refractivity contribution in [1.29, 1.82) is 0 Å². The summed E-state index contributed by atoms with van der Waals surface area (Å²) in [5.74, 6) is 0.0542. The van der Waals surface area contributed by atoms with Gasteiger partial charge in [0.15, 0.2) is 0 Å². The number of hydrogen-bond acceptors (Lipinski definition) is 3. The van der Waals surface area contributed by atoms with Crippen LogP contribution in [0.2, 0.25) is 0 Å². The molecule has 2 fully saturated rings. The molecule has 0 spiro atoms. The summed E-state index contributed by atoms with van der Waals surface area (Å²) in [6.07, 6.45) is 9.39. The third-order valence-corrected chi connectivity index (χ3v) is 4.13. The van der Waals surface area contributed by atoms with Crippen LogP contribution >= 0.6 is 0 Å². The molecule has 0 radical (unpaired) electrons. The van der Waals surface area contributed by atoms with Crippen LogP contribution in [-0.2, 0) is 4.79 Å². The molecule has 2 aliphatic rings. The Hall–Kier alpha value is -0.610. The van der Waals surface area contributed by atoms with Gasteiger partial charge in [-0.05, 0) is 58.2 Å². The van der Waals surface area contributed by atoms with Gasteiger partial charge in [-0.25, -0.2) is 0 Å². The first-order chi connectivity index (χ1) is 8.71. The monoisotopic (exact) mass is 253 g/mol. The summed E-state index contributed by atoms with van der Waals surface area (Å²) in [7, 11) is 0. The molecule has 0 atom stereocenters. The Morgan fingerprint density at radius 1 is 1.11 bits per heavy atom. The molecule has 0 aromatic heterocycles. The maximum atomic E-state index is 11.6. The molecule has 1 saturated heterocycles. The van der Waals surface area contributed by atoms with E-state index in [2.05, 4.69) is 10.2 Å². The Morgan fingerprint density at radius 2 is 1.83 bits per heavy atom. The van der Waals surface area contributed by atoms with E-state index in [1.54, 1.807) is 0 Å². The molecule has 0 aromatic rings. The van der Waals surface area contributed by atoms with Crippen molar-refractivity contribution < 1.29 is 4.79 Å². The first kappa shape index (κ1) is 13.8. The van der Waals surface area contributed by atoms with Gasteiger partial charge in [-0.1, -0.05) is 12.8 Å². The summed E-state index contributed by atoms with van der Waals surface area (Å²) in [6.45, 7) is 4.59. The maximum Gasteiger partial charge on any atom is 0.240 e. The lowest BCUT2D eigenvalue weighted by Crippen LogP contribution is -2.43. The quantitative estimate of drug-likeness (QED) is 0.671. The molecule has 1 amide bonds. The Morgan fingerprint density at radius 3 is 2.50 bits per heavy atom. The van der Waals surface area contributed by atoms with Crippen LogP contribution in [0.15, 0.2) is 0 Å². The van der Waals surface area contributed by atoms with Gasteiger partial charge in [0, 0.05) is 6.54 Å². The number of nitrogens with one attached hydrogen (secondary N) is 1. The molecule has 0 bridgehead atoms. The molecule has 1 heterocycles. The second-order valence-electron chi connectivity index (χ2n) is 5.88. The summed E-state index contributed by atoms with van der Waals surface area (Å²) >= 11 is 0. The van der Waals surface area contributed by atoms with Gasteiger partial charge in [0.2, 0.25) is 5.91 Å². The third kappa shape index (κ3) is 4.25. The zero-order valence-electron chi connectivity index (χ0n) is 11.4. The van der Waals surface area contributed by atoms with Crippen LogP contribution in [0, 0.1) is 0 Å². The molecule has 1 aliphatic heterocycles. The number of unbranched alkanes of at least 4 members (excludes halogenated alkanes) is 2. The topological polar surface area (TPSA) is 58.4 Å². The van der Waals surface area contributed by atoms with Gasteiger partial charge in [-0.3, -0.25) is 4.79 Å². The first-order valence-electron chi connectivity index (χ1n) is 7.50. The zero-order valence-corrected chi connectivity index (χ0v) is 11.4. The molecular formula is C14H27N3O. The van der Waals surface area contributed by atoms with Crippen molar-refractivity contribution >= 4 is 5.91 Å². The molecule has 0 unspecified atom stereocenters. The lowest BCUT2D eigenvalue weighted by molar-refractivity contribution is -0.123. The van der Waals surface area contributed by atoms with E-state index in [0.717, 1.165) is 25.8 Å². The highest BCUT2D eigenvalue weighted by Gasteiger charge is 2.45. The number of likely N-dealkylation sites (tertiary alicyclic amines) is 1. The number of rotatable bonds is 7. The number of amides is 1. The standard InChI is InChI=1S/C14H27N3O/c15-14(7-8-14)13(18)16-9-3-1-4-10-17-11-5-2-6-12-17/h1-12,15H2,(H,16,18). The minimum Gasteiger partial charge on any atom is -0.355 e. The summed E-state index contributed by atoms with van der Waals surface area (Å²) in [4.78, 5) is 14.1. The van der Waals surface area contributed by atoms with Crippen molar-refractivity contribution in [2.45, 2.75) is 56.9 Å². The van der Waals surface area contributed by atoms with Crippen LogP contribution in [0.3, 0.4) is 0 Å². The van der Waals surface area contributed by atoms with Gasteiger partial charge in [-0.15, -0.1) is 0 Å². The fraction of sp³-hybridized carbons (Fsp3) is 0.929. The van der Waals surface area contributed by atoms with Crippen LogP contribution in [0.5, 0.6) is 0 Å². The van der Waals surface area contributed by atoms with Crippen molar-refractivity contribution in [2.75, 3.05) is 26.2 Å². The van der Waals surface area contributed by atoms with E-state index in [0.29, 0.717) is 0 Å². The van der Waals surface area contributed by atoms with E-state index in [1.807, 2.05) is 0 Å². The molecular weight excluding hydrogens is 226 g/mol. The van der Waals surface area contributed by atoms with Crippen molar-refractivity contribution in [3.63, 3.8) is 0 Å². The van der Waals surface area contributed by atoms with E-state index in [9.17, 15) is 4.79 Å². The van der Waals surface area contributed by atoms with Crippen LogP contribution in [0.25, 0.3) is 0 Å². The van der Waals surface area contributed by atoms with Gasteiger partial charge in [-0.2, -0.15) is 0 Å². The van der Waals surface area contributed by atoms with E-state index >= 15 is 0 Å². The highest BCUT2D eigenvalue weighted by molar-refractivity contribution is 5.88. The average Bonchev–Trinajstić information content (AvgIpc) is 3.14. The molecule has 1 aliphatic carbocycles. The Kier molecular flexibility index (Phi) is 5.01. The largest absolute Gasteiger partial charge is 0.355 e. The number of nitrogens with two attached hydrogens (primary N) is 1. The molecule has 18 heavy (non-hydrogen) atoms. The summed E-state index contributed by atoms with van der Waals surface area (Å²) in [5, 5.41) is 2.95. The second-order valence-corrected chi connectivity index (χ2v) is 5.88. The summed E-state index contributed by atoms with van der Waals surface area (Å²) in [6, 6.07) is 0. The number of piperidine rings is 1. The molecule has 2 rings (SSSR count). The molecule has 0 aromatic carbocycles. The van der Waals surface area contributed by atoms with Gasteiger partial charge < -0.3 is 16.0 Å². The van der Waals surface area contributed by atoms with Crippen LogP contribution in [0.1, 0.15) is 51.4 Å². The molecule has 1 saturated carbocycles. The maximum absolute atomic E-state index is 11.6. The van der Waals surface area contributed by atoms with Crippen molar-refractivity contribution in [2.24, 2.45) is 5.73 Å². The van der Waals surface area contributed by atoms with Crippen molar-refractivity contribution in [3.05, 3.63) is 0 Å². The summed E-state index contributed by atoms with van der Waals surface area (Å²) < 4.78 is 0. The van der Waals surface area contributed by atoms with Crippen molar-refractivity contribution in [1.82, 2.24) is 10.2 Å². The second kappa shape index (κ2) is 6.53. The van der Waals surface area contributed by atoms with E-state index in [-0.39, 0.29) is 5.91 Å². The fourth-order valence-electron chi connectivity index (χ4n) is 2.56. The normalized spacial score (nSPS) is 22.7. The molecule has 4 nitrogen and oxygen atoms in total. The Bertz CT molecular complexity index is 270. The number of nitrogens with zero attached hydrogens (tertiary/aromatic N) is 1. The van der Waals surface area contributed by atoms with Crippen LogP contribution in [0.4, 0.5) is 0 Å². The highest BCUT2D eigenvalue weighted by Crippen LogP contribution is 2.31. The summed E-state index contributed by atoms with van der Waals surface area (Å²) in [5.41, 5.74) is 5.30. The molecule has 3 N–H and O–H groups in total. The number of hydrogen-bond donors (Lipinski definition) is 2. The number of carbonyl (C=O) groups excluding carboxylic acids is 1. The third-order valence-electron chi connectivity index (χ3n) is 4.13. The lowest BCUT2D eigenvalue weighted by atomic mass is 10.1. The van der Waals surface area contributed by atoms with Crippen molar-refractivity contribution in [3.8, 4) is 0 Å². The molecule has 104 valence electrons. The highest BCUT2D eigenvalue weighted by atomic mass is 16.2. The predicted octanol–water partition coefficient (Wildman–Crippen LogP) is 1.25. The van der Waals surface area contributed by atoms with E-state index < -0.39 is 5.54 Å². The lowest BCUT2D eigenvalue weighted by Gasteiger charge is -2.26. The minimum absolute atomic E-state index is 0.0542.